The molecule has 1 heterocycles. The maximum absolute atomic E-state index is 12.9. The average Bonchev–Trinajstić information content (AvgIpc) is 2.64. The van der Waals surface area contributed by atoms with Crippen molar-refractivity contribution in [1.82, 2.24) is 4.31 Å². The highest BCUT2D eigenvalue weighted by molar-refractivity contribution is 7.92. The predicted octanol–water partition coefficient (Wildman–Crippen LogP) is 3.62. The van der Waals surface area contributed by atoms with Crippen molar-refractivity contribution in [2.75, 3.05) is 17.8 Å². The van der Waals surface area contributed by atoms with E-state index in [0.29, 0.717) is 23.7 Å². The van der Waals surface area contributed by atoms with Crippen LogP contribution in [0.4, 0.5) is 5.69 Å². The second-order valence-electron chi connectivity index (χ2n) is 6.50. The first-order valence-corrected chi connectivity index (χ1v) is 11.9. The third-order valence-electron chi connectivity index (χ3n) is 4.53. The Bertz CT molecular complexity index is 1030. The SMILES string of the molecule is Cc1ccc(S(=O)(=O)N2CCCCC2)cc1NS(=O)(=O)c1ccc(Cl)cc1. The number of halogens is 1. The molecule has 0 bridgehead atoms. The normalized spacial score (nSPS) is 16.2. The fourth-order valence-corrected chi connectivity index (χ4v) is 5.73. The van der Waals surface area contributed by atoms with Gasteiger partial charge in [0.2, 0.25) is 10.0 Å². The molecule has 0 unspecified atom stereocenters. The molecule has 0 atom stereocenters. The largest absolute Gasteiger partial charge is 0.279 e. The first-order chi connectivity index (χ1) is 12.7. The zero-order valence-electron chi connectivity index (χ0n) is 14.9. The summed E-state index contributed by atoms with van der Waals surface area (Å²) in [5.41, 5.74) is 0.869. The Morgan fingerprint density at radius 3 is 2.11 bits per heavy atom. The molecule has 2 aromatic carbocycles. The highest BCUT2D eigenvalue weighted by atomic mass is 35.5. The van der Waals surface area contributed by atoms with Crippen LogP contribution in [-0.2, 0) is 20.0 Å². The number of benzene rings is 2. The number of nitrogens with one attached hydrogen (secondary N) is 1. The van der Waals surface area contributed by atoms with Gasteiger partial charge in [-0.3, -0.25) is 4.72 Å². The number of hydrogen-bond acceptors (Lipinski definition) is 4. The highest BCUT2D eigenvalue weighted by Gasteiger charge is 2.27. The Kier molecular flexibility index (Phi) is 5.81. The first-order valence-electron chi connectivity index (χ1n) is 8.59. The molecule has 0 aromatic heterocycles. The molecule has 6 nitrogen and oxygen atoms in total. The van der Waals surface area contributed by atoms with Gasteiger partial charge in [-0.15, -0.1) is 0 Å². The topological polar surface area (TPSA) is 83.6 Å². The van der Waals surface area contributed by atoms with Crippen molar-refractivity contribution in [3.05, 3.63) is 53.1 Å². The Morgan fingerprint density at radius 1 is 0.889 bits per heavy atom. The van der Waals surface area contributed by atoms with E-state index in [2.05, 4.69) is 4.72 Å². The number of anilines is 1. The molecule has 1 saturated heterocycles. The van der Waals surface area contributed by atoms with Crippen LogP contribution in [0.5, 0.6) is 0 Å². The Hall–Kier alpha value is -1.61. The smallest absolute Gasteiger partial charge is 0.261 e. The van der Waals surface area contributed by atoms with Gasteiger partial charge in [0.15, 0.2) is 0 Å². The summed E-state index contributed by atoms with van der Waals surface area (Å²) in [5, 5.41) is 0.430. The maximum atomic E-state index is 12.9. The lowest BCUT2D eigenvalue weighted by molar-refractivity contribution is 0.346. The van der Waals surface area contributed by atoms with Gasteiger partial charge in [0.25, 0.3) is 10.0 Å². The van der Waals surface area contributed by atoms with Crippen molar-refractivity contribution in [3.8, 4) is 0 Å². The number of piperidine rings is 1. The van der Waals surface area contributed by atoms with E-state index in [0.717, 1.165) is 19.3 Å². The number of aryl methyl sites for hydroxylation is 1. The lowest BCUT2D eigenvalue weighted by atomic mass is 10.2. The van der Waals surface area contributed by atoms with E-state index in [9.17, 15) is 16.8 Å². The number of nitrogens with zero attached hydrogens (tertiary/aromatic N) is 1. The van der Waals surface area contributed by atoms with E-state index in [1.165, 1.54) is 40.7 Å². The summed E-state index contributed by atoms with van der Waals surface area (Å²) in [6.45, 7) is 2.70. The molecule has 1 fully saturated rings. The Labute approximate surface area is 165 Å². The number of sulfonamides is 2. The summed E-state index contributed by atoms with van der Waals surface area (Å²) in [5.74, 6) is 0. The third kappa shape index (κ3) is 4.45. The van der Waals surface area contributed by atoms with Crippen LogP contribution >= 0.6 is 11.6 Å². The molecule has 0 radical (unpaired) electrons. The van der Waals surface area contributed by atoms with Gasteiger partial charge < -0.3 is 0 Å². The van der Waals surface area contributed by atoms with E-state index in [1.54, 1.807) is 13.0 Å². The lowest BCUT2D eigenvalue weighted by Gasteiger charge is -2.26. The predicted molar refractivity (Wildman–Crippen MR) is 106 cm³/mol. The first kappa shape index (κ1) is 20.1. The third-order valence-corrected chi connectivity index (χ3v) is 8.06. The zero-order valence-corrected chi connectivity index (χ0v) is 17.2. The van der Waals surface area contributed by atoms with Gasteiger partial charge in [-0.1, -0.05) is 24.1 Å². The van der Waals surface area contributed by atoms with E-state index in [1.807, 2.05) is 0 Å². The minimum absolute atomic E-state index is 0.0515. The second-order valence-corrected chi connectivity index (χ2v) is 10.6. The molecular weight excluding hydrogens is 408 g/mol. The fourth-order valence-electron chi connectivity index (χ4n) is 2.94. The van der Waals surface area contributed by atoms with Gasteiger partial charge >= 0.3 is 0 Å². The Balaban J connectivity index is 1.92. The van der Waals surface area contributed by atoms with E-state index in [4.69, 9.17) is 11.6 Å². The Morgan fingerprint density at radius 2 is 1.48 bits per heavy atom. The molecule has 0 amide bonds. The van der Waals surface area contributed by atoms with E-state index < -0.39 is 20.0 Å². The van der Waals surface area contributed by atoms with E-state index in [-0.39, 0.29) is 15.5 Å². The van der Waals surface area contributed by atoms with Crippen molar-refractivity contribution < 1.29 is 16.8 Å². The molecule has 27 heavy (non-hydrogen) atoms. The van der Waals surface area contributed by atoms with Gasteiger partial charge in [0.1, 0.15) is 0 Å². The number of rotatable bonds is 5. The molecule has 9 heteroatoms. The average molecular weight is 429 g/mol. The van der Waals surface area contributed by atoms with Gasteiger partial charge in [-0.2, -0.15) is 4.31 Å². The van der Waals surface area contributed by atoms with Crippen molar-refractivity contribution in [3.63, 3.8) is 0 Å². The van der Waals surface area contributed by atoms with Crippen LogP contribution < -0.4 is 4.72 Å². The monoisotopic (exact) mass is 428 g/mol. The molecule has 1 aliphatic rings. The molecule has 0 saturated carbocycles. The van der Waals surface area contributed by atoms with Crippen molar-refractivity contribution in [1.29, 1.82) is 0 Å². The molecule has 0 spiro atoms. The molecule has 146 valence electrons. The summed E-state index contributed by atoms with van der Waals surface area (Å²) < 4.78 is 54.9. The molecule has 1 aliphatic heterocycles. The van der Waals surface area contributed by atoms with Crippen LogP contribution in [0.1, 0.15) is 24.8 Å². The summed E-state index contributed by atoms with van der Waals surface area (Å²) in [6.07, 6.45) is 2.69. The molecule has 3 rings (SSSR count). The lowest BCUT2D eigenvalue weighted by Crippen LogP contribution is -2.35. The van der Waals surface area contributed by atoms with Crippen molar-refractivity contribution in [2.24, 2.45) is 0 Å². The zero-order chi connectivity index (χ0) is 19.7. The standard InChI is InChI=1S/C18H21ClN2O4S2/c1-14-5-8-17(27(24,25)21-11-3-2-4-12-21)13-18(14)20-26(22,23)16-9-6-15(19)7-10-16/h5-10,13,20H,2-4,11-12H2,1H3. The van der Waals surface area contributed by atoms with Gasteiger partial charge in [0.05, 0.1) is 15.5 Å². The molecular formula is C18H21ClN2O4S2. The highest BCUT2D eigenvalue weighted by Crippen LogP contribution is 2.27. The van der Waals surface area contributed by atoms with Crippen LogP contribution in [0.25, 0.3) is 0 Å². The minimum atomic E-state index is -3.86. The van der Waals surface area contributed by atoms with Gasteiger partial charge in [-0.05, 0) is 61.7 Å². The van der Waals surface area contributed by atoms with Crippen molar-refractivity contribution >= 4 is 37.3 Å². The molecule has 1 N–H and O–H groups in total. The molecule has 2 aromatic rings. The van der Waals surface area contributed by atoms with Crippen molar-refractivity contribution in [2.45, 2.75) is 36.0 Å². The summed E-state index contributed by atoms with van der Waals surface area (Å²) in [4.78, 5) is 0.138. The maximum Gasteiger partial charge on any atom is 0.261 e. The quantitative estimate of drug-likeness (QED) is 0.788. The second kappa shape index (κ2) is 7.79. The summed E-state index contributed by atoms with van der Waals surface area (Å²) in [7, 11) is -7.50. The molecule has 0 aliphatic carbocycles. The van der Waals surface area contributed by atoms with Crippen LogP contribution in [0.15, 0.2) is 52.3 Å². The number of hydrogen-bond donors (Lipinski definition) is 1. The van der Waals surface area contributed by atoms with Crippen LogP contribution in [0.3, 0.4) is 0 Å². The van der Waals surface area contributed by atoms with Crippen LogP contribution in [0.2, 0.25) is 5.02 Å². The van der Waals surface area contributed by atoms with Gasteiger partial charge in [-0.25, -0.2) is 16.8 Å². The summed E-state index contributed by atoms with van der Waals surface area (Å²) in [6, 6.07) is 10.3. The summed E-state index contributed by atoms with van der Waals surface area (Å²) >= 11 is 5.81. The minimum Gasteiger partial charge on any atom is -0.279 e. The van der Waals surface area contributed by atoms with Crippen LogP contribution in [0, 0.1) is 6.92 Å². The fraction of sp³-hybridized carbons (Fsp3) is 0.333. The van der Waals surface area contributed by atoms with Crippen LogP contribution in [-0.4, -0.2) is 34.2 Å². The van der Waals surface area contributed by atoms with Gasteiger partial charge in [0, 0.05) is 18.1 Å². The van der Waals surface area contributed by atoms with E-state index >= 15 is 0 Å².